The molecular formula is C23H20N4O4S. The summed E-state index contributed by atoms with van der Waals surface area (Å²) in [6.07, 6.45) is 2.84. The molecule has 0 fully saturated rings. The lowest BCUT2D eigenvalue weighted by molar-refractivity contribution is 0.0601. The van der Waals surface area contributed by atoms with Crippen molar-refractivity contribution in [1.29, 1.82) is 5.26 Å². The molecule has 0 spiro atoms. The molecular weight excluding hydrogens is 428 g/mol. The fourth-order valence-corrected chi connectivity index (χ4v) is 4.29. The molecule has 0 saturated heterocycles. The van der Waals surface area contributed by atoms with Crippen LogP contribution in [0.15, 0.2) is 47.4 Å². The number of amides is 1. The minimum absolute atomic E-state index is 0.168. The number of nitrogens with one attached hydrogen (secondary N) is 1. The number of hydrogen-bond donors (Lipinski definition) is 1. The van der Waals surface area contributed by atoms with E-state index in [1.54, 1.807) is 19.9 Å². The van der Waals surface area contributed by atoms with Crippen LogP contribution in [0.3, 0.4) is 0 Å². The largest absolute Gasteiger partial charge is 0.465 e. The van der Waals surface area contributed by atoms with Crippen molar-refractivity contribution >= 4 is 33.8 Å². The van der Waals surface area contributed by atoms with Crippen molar-refractivity contribution < 1.29 is 14.3 Å². The number of carbonyl (C=O) groups is 2. The Bertz CT molecular complexity index is 1340. The number of ether oxygens (including phenoxy) is 1. The molecule has 1 N–H and O–H groups in total. The summed E-state index contributed by atoms with van der Waals surface area (Å²) < 4.78 is 6.30. The molecule has 0 unspecified atom stereocenters. The number of hydrogen-bond acceptors (Lipinski definition) is 7. The number of esters is 1. The lowest BCUT2D eigenvalue weighted by Gasteiger charge is -2.09. The summed E-state index contributed by atoms with van der Waals surface area (Å²) in [5, 5.41) is 16.0. The molecule has 0 bridgehead atoms. The highest BCUT2D eigenvalue weighted by Crippen LogP contribution is 2.37. The van der Waals surface area contributed by atoms with Gasteiger partial charge >= 0.3 is 5.97 Å². The van der Waals surface area contributed by atoms with E-state index in [0.29, 0.717) is 21.7 Å². The molecule has 3 aromatic rings. The Morgan fingerprint density at radius 1 is 1.28 bits per heavy atom. The standard InChI is InChI=1S/C23H20N4O4S/c1-13-6-5-7-16(12-13)27-11-9-17(28)19(26-27)21(29)25-22-18(23(30)31-4)15(3)20(32-22)14(2)8-10-24/h5-9,11-12H,1-4H3,(H,25,29)/b14-8-. The lowest BCUT2D eigenvalue weighted by atomic mass is 10.1. The molecule has 0 atom stereocenters. The van der Waals surface area contributed by atoms with Gasteiger partial charge in [0, 0.05) is 23.2 Å². The summed E-state index contributed by atoms with van der Waals surface area (Å²) >= 11 is 1.12. The molecule has 0 saturated carbocycles. The van der Waals surface area contributed by atoms with Crippen LogP contribution in [0.25, 0.3) is 11.3 Å². The van der Waals surface area contributed by atoms with E-state index < -0.39 is 17.3 Å². The summed E-state index contributed by atoms with van der Waals surface area (Å²) in [4.78, 5) is 38.4. The summed E-state index contributed by atoms with van der Waals surface area (Å²) in [5.74, 6) is -1.39. The Kier molecular flexibility index (Phi) is 6.66. The van der Waals surface area contributed by atoms with E-state index in [9.17, 15) is 14.4 Å². The lowest BCUT2D eigenvalue weighted by Crippen LogP contribution is -2.25. The Hall–Kier alpha value is -4.03. The zero-order chi connectivity index (χ0) is 23.4. The van der Waals surface area contributed by atoms with Crippen LogP contribution >= 0.6 is 11.3 Å². The number of allylic oxidation sites excluding steroid dienone is 2. The number of thiophene rings is 1. The van der Waals surface area contributed by atoms with Gasteiger partial charge in [-0.25, -0.2) is 9.48 Å². The second-order valence-electron chi connectivity index (χ2n) is 6.97. The molecule has 0 aliphatic heterocycles. The van der Waals surface area contributed by atoms with E-state index >= 15 is 0 Å². The predicted molar refractivity (Wildman–Crippen MR) is 122 cm³/mol. The van der Waals surface area contributed by atoms with Gasteiger partial charge < -0.3 is 10.1 Å². The van der Waals surface area contributed by atoms with Gasteiger partial charge in [0.05, 0.1) is 24.4 Å². The highest BCUT2D eigenvalue weighted by molar-refractivity contribution is 7.18. The number of nitriles is 1. The van der Waals surface area contributed by atoms with Crippen LogP contribution in [0.1, 0.15) is 43.8 Å². The van der Waals surface area contributed by atoms with Crippen molar-refractivity contribution in [3.05, 3.63) is 80.1 Å². The van der Waals surface area contributed by atoms with Crippen molar-refractivity contribution in [1.82, 2.24) is 9.78 Å². The quantitative estimate of drug-likeness (QED) is 0.468. The molecule has 32 heavy (non-hydrogen) atoms. The van der Waals surface area contributed by atoms with Gasteiger partial charge in [-0.1, -0.05) is 12.1 Å². The molecule has 1 amide bonds. The molecule has 0 aliphatic rings. The SMILES string of the molecule is COC(=O)c1c(NC(=O)c2nn(-c3cccc(C)c3)ccc2=O)sc(/C(C)=C\C#N)c1C. The van der Waals surface area contributed by atoms with Crippen LogP contribution in [0.4, 0.5) is 5.00 Å². The zero-order valence-electron chi connectivity index (χ0n) is 17.9. The van der Waals surface area contributed by atoms with E-state index in [-0.39, 0.29) is 16.3 Å². The first kappa shape index (κ1) is 22.7. The van der Waals surface area contributed by atoms with Gasteiger partial charge in [0.25, 0.3) is 5.91 Å². The van der Waals surface area contributed by atoms with Crippen LogP contribution < -0.4 is 10.7 Å². The van der Waals surface area contributed by atoms with Crippen LogP contribution in [-0.4, -0.2) is 28.8 Å². The summed E-state index contributed by atoms with van der Waals surface area (Å²) in [6, 6.07) is 10.7. The topological polar surface area (TPSA) is 114 Å². The van der Waals surface area contributed by atoms with E-state index in [0.717, 1.165) is 16.9 Å². The number of aryl methyl sites for hydroxylation is 1. The molecule has 2 aromatic heterocycles. The third-order valence-electron chi connectivity index (χ3n) is 4.69. The molecule has 0 aliphatic carbocycles. The monoisotopic (exact) mass is 448 g/mol. The number of methoxy groups -OCH3 is 1. The van der Waals surface area contributed by atoms with Gasteiger partial charge in [-0.2, -0.15) is 10.4 Å². The third-order valence-corrected chi connectivity index (χ3v) is 6.03. The average molecular weight is 449 g/mol. The van der Waals surface area contributed by atoms with Gasteiger partial charge in [-0.15, -0.1) is 11.3 Å². The fourth-order valence-electron chi connectivity index (χ4n) is 3.13. The van der Waals surface area contributed by atoms with E-state index in [1.165, 1.54) is 30.1 Å². The van der Waals surface area contributed by atoms with E-state index in [2.05, 4.69) is 10.4 Å². The second-order valence-corrected chi connectivity index (χ2v) is 8.00. The van der Waals surface area contributed by atoms with Crippen molar-refractivity contribution in [2.45, 2.75) is 20.8 Å². The maximum Gasteiger partial charge on any atom is 0.341 e. The second kappa shape index (κ2) is 9.41. The molecule has 2 heterocycles. The van der Waals surface area contributed by atoms with Gasteiger partial charge in [-0.3, -0.25) is 9.59 Å². The Morgan fingerprint density at radius 3 is 2.69 bits per heavy atom. The number of aromatic nitrogens is 2. The molecule has 8 nitrogen and oxygen atoms in total. The molecule has 1 aromatic carbocycles. The summed E-state index contributed by atoms with van der Waals surface area (Å²) in [6.45, 7) is 5.36. The Morgan fingerprint density at radius 2 is 2.03 bits per heavy atom. The predicted octanol–water partition coefficient (Wildman–Crippen LogP) is 3.88. The van der Waals surface area contributed by atoms with Crippen molar-refractivity contribution in [2.75, 3.05) is 12.4 Å². The zero-order valence-corrected chi connectivity index (χ0v) is 18.7. The first-order chi connectivity index (χ1) is 15.3. The number of anilines is 1. The van der Waals surface area contributed by atoms with E-state index in [4.69, 9.17) is 10.00 Å². The van der Waals surface area contributed by atoms with Gasteiger partial charge in [0.1, 0.15) is 5.00 Å². The first-order valence-electron chi connectivity index (χ1n) is 9.53. The maximum absolute atomic E-state index is 13.0. The summed E-state index contributed by atoms with van der Waals surface area (Å²) in [7, 11) is 1.24. The number of rotatable bonds is 5. The Balaban J connectivity index is 2.04. The molecule has 162 valence electrons. The Labute approximate surface area is 188 Å². The van der Waals surface area contributed by atoms with Crippen LogP contribution in [-0.2, 0) is 4.74 Å². The van der Waals surface area contributed by atoms with Gasteiger partial charge in [0.2, 0.25) is 5.43 Å². The number of nitrogens with zero attached hydrogens (tertiary/aromatic N) is 3. The van der Waals surface area contributed by atoms with Crippen LogP contribution in [0, 0.1) is 25.2 Å². The molecule has 9 heteroatoms. The number of benzene rings is 1. The minimum Gasteiger partial charge on any atom is -0.465 e. The summed E-state index contributed by atoms with van der Waals surface area (Å²) in [5.41, 5.74) is 2.20. The van der Waals surface area contributed by atoms with Crippen molar-refractivity contribution in [2.24, 2.45) is 0 Å². The van der Waals surface area contributed by atoms with Gasteiger partial charge in [0.15, 0.2) is 5.69 Å². The van der Waals surface area contributed by atoms with Gasteiger partial charge in [-0.05, 0) is 49.6 Å². The third kappa shape index (κ3) is 4.50. The van der Waals surface area contributed by atoms with Crippen molar-refractivity contribution in [3.8, 4) is 11.8 Å². The van der Waals surface area contributed by atoms with Crippen molar-refractivity contribution in [3.63, 3.8) is 0 Å². The smallest absolute Gasteiger partial charge is 0.341 e. The van der Waals surface area contributed by atoms with Crippen LogP contribution in [0.5, 0.6) is 0 Å². The van der Waals surface area contributed by atoms with Crippen LogP contribution in [0.2, 0.25) is 0 Å². The minimum atomic E-state index is -0.753. The average Bonchev–Trinajstić information content (AvgIpc) is 3.09. The fraction of sp³-hybridized carbons (Fsp3) is 0.174. The maximum atomic E-state index is 13.0. The highest BCUT2D eigenvalue weighted by atomic mass is 32.1. The highest BCUT2D eigenvalue weighted by Gasteiger charge is 2.25. The van der Waals surface area contributed by atoms with E-state index in [1.807, 2.05) is 31.2 Å². The normalized spacial score (nSPS) is 11.0. The number of carbonyl (C=O) groups excluding carboxylic acids is 2. The molecule has 3 rings (SSSR count). The molecule has 0 radical (unpaired) electrons. The first-order valence-corrected chi connectivity index (χ1v) is 10.3.